The number of carbonyl (C=O) groups is 2. The molecule has 2 amide bonds. The Kier molecular flexibility index (Phi) is 3.88. The Hall–Kier alpha value is -1.84. The minimum absolute atomic E-state index is 0.0806. The molecule has 1 atom stereocenters. The van der Waals surface area contributed by atoms with Crippen molar-refractivity contribution in [2.24, 2.45) is 0 Å². The lowest BCUT2D eigenvalue weighted by atomic mass is 10.1. The van der Waals surface area contributed by atoms with Crippen LogP contribution >= 0.6 is 0 Å². The highest BCUT2D eigenvalue weighted by molar-refractivity contribution is 5.95. The van der Waals surface area contributed by atoms with Gasteiger partial charge in [0.2, 0.25) is 5.91 Å². The number of hydrogen-bond acceptors (Lipinski definition) is 2. The van der Waals surface area contributed by atoms with E-state index >= 15 is 0 Å². The molecule has 2 rings (SSSR count). The zero-order valence-corrected chi connectivity index (χ0v) is 11.6. The van der Waals surface area contributed by atoms with E-state index < -0.39 is 0 Å². The molecule has 1 N–H and O–H groups in total. The summed E-state index contributed by atoms with van der Waals surface area (Å²) in [6.45, 7) is 6.54. The molecule has 0 saturated carbocycles. The summed E-state index contributed by atoms with van der Waals surface area (Å²) < 4.78 is 0. The normalized spacial score (nSPS) is 19.1. The van der Waals surface area contributed by atoms with Gasteiger partial charge in [-0.3, -0.25) is 9.59 Å². The number of hydrogen-bond donors (Lipinski definition) is 1. The van der Waals surface area contributed by atoms with Crippen LogP contribution in [0.25, 0.3) is 0 Å². The number of likely N-dealkylation sites (tertiary alicyclic amines) is 1. The van der Waals surface area contributed by atoms with Gasteiger partial charge in [-0.05, 0) is 32.9 Å². The Labute approximate surface area is 113 Å². The largest absolute Gasteiger partial charge is 0.347 e. The van der Waals surface area contributed by atoms with Crippen molar-refractivity contribution < 1.29 is 9.59 Å². The molecule has 1 saturated heterocycles. The van der Waals surface area contributed by atoms with E-state index in [1.165, 1.54) is 0 Å². The Balaban J connectivity index is 1.99. The van der Waals surface area contributed by atoms with E-state index in [4.69, 9.17) is 0 Å². The predicted octanol–water partition coefficient (Wildman–Crippen LogP) is 1.73. The van der Waals surface area contributed by atoms with Gasteiger partial charge in [0.05, 0.1) is 6.04 Å². The fourth-order valence-electron chi connectivity index (χ4n) is 2.38. The average molecular weight is 260 g/mol. The third kappa shape index (κ3) is 3.13. The second-order valence-electron chi connectivity index (χ2n) is 5.38. The summed E-state index contributed by atoms with van der Waals surface area (Å²) in [5.74, 6) is 0.0108. The van der Waals surface area contributed by atoms with E-state index in [2.05, 4.69) is 5.32 Å². The Bertz CT molecular complexity index is 497. The summed E-state index contributed by atoms with van der Waals surface area (Å²) in [5.41, 5.74) is 1.70. The maximum atomic E-state index is 12.1. The Morgan fingerprint density at radius 2 is 2.16 bits per heavy atom. The number of nitrogens with one attached hydrogen (secondary N) is 1. The molecule has 4 nitrogen and oxygen atoms in total. The molecule has 0 bridgehead atoms. The van der Waals surface area contributed by atoms with Gasteiger partial charge in [-0.15, -0.1) is 0 Å². The number of nitrogens with zero attached hydrogens (tertiary/aromatic N) is 1. The average Bonchev–Trinajstić information content (AvgIpc) is 2.70. The highest BCUT2D eigenvalue weighted by Crippen LogP contribution is 2.15. The van der Waals surface area contributed by atoms with E-state index in [1.54, 1.807) is 11.0 Å². The summed E-state index contributed by atoms with van der Waals surface area (Å²) in [5, 5.41) is 2.94. The first-order valence-electron chi connectivity index (χ1n) is 6.64. The number of amides is 2. The Morgan fingerprint density at radius 3 is 2.74 bits per heavy atom. The number of benzene rings is 1. The summed E-state index contributed by atoms with van der Waals surface area (Å²) in [7, 11) is 0. The minimum atomic E-state index is -0.105. The van der Waals surface area contributed by atoms with Crippen LogP contribution in [-0.2, 0) is 4.79 Å². The van der Waals surface area contributed by atoms with Crippen molar-refractivity contribution in [2.45, 2.75) is 39.3 Å². The van der Waals surface area contributed by atoms with Crippen molar-refractivity contribution in [2.75, 3.05) is 6.54 Å². The third-order valence-electron chi connectivity index (χ3n) is 3.40. The van der Waals surface area contributed by atoms with E-state index in [0.29, 0.717) is 18.5 Å². The fourth-order valence-corrected chi connectivity index (χ4v) is 2.38. The molecule has 0 aromatic heterocycles. The van der Waals surface area contributed by atoms with Crippen LogP contribution in [0.3, 0.4) is 0 Å². The summed E-state index contributed by atoms with van der Waals surface area (Å²) >= 11 is 0. The van der Waals surface area contributed by atoms with Crippen LogP contribution in [0.15, 0.2) is 24.3 Å². The van der Waals surface area contributed by atoms with Gasteiger partial charge in [-0.25, -0.2) is 0 Å². The fraction of sp³-hybridized carbons (Fsp3) is 0.467. The lowest BCUT2D eigenvalue weighted by Gasteiger charge is -2.21. The molecule has 1 aromatic carbocycles. The SMILES string of the molecule is Cc1cccc(C(=O)NC2CC(=O)N(C(C)C)C2)c1. The maximum Gasteiger partial charge on any atom is 0.251 e. The summed E-state index contributed by atoms with van der Waals surface area (Å²) in [4.78, 5) is 25.7. The van der Waals surface area contributed by atoms with Crippen molar-refractivity contribution in [1.29, 1.82) is 0 Å². The van der Waals surface area contributed by atoms with Crippen molar-refractivity contribution >= 4 is 11.8 Å². The van der Waals surface area contributed by atoms with Crippen LogP contribution in [0.1, 0.15) is 36.2 Å². The van der Waals surface area contributed by atoms with Crippen molar-refractivity contribution in [3.05, 3.63) is 35.4 Å². The van der Waals surface area contributed by atoms with Crippen LogP contribution in [0.2, 0.25) is 0 Å². The molecule has 1 aliphatic rings. The first kappa shape index (κ1) is 13.6. The molecule has 19 heavy (non-hydrogen) atoms. The molecule has 0 radical (unpaired) electrons. The van der Waals surface area contributed by atoms with E-state index in [9.17, 15) is 9.59 Å². The quantitative estimate of drug-likeness (QED) is 0.900. The van der Waals surface area contributed by atoms with Crippen molar-refractivity contribution in [3.8, 4) is 0 Å². The second kappa shape index (κ2) is 5.43. The van der Waals surface area contributed by atoms with E-state index in [1.807, 2.05) is 39.0 Å². The first-order valence-corrected chi connectivity index (χ1v) is 6.64. The highest BCUT2D eigenvalue weighted by atomic mass is 16.2. The van der Waals surface area contributed by atoms with E-state index in [0.717, 1.165) is 5.56 Å². The van der Waals surface area contributed by atoms with Gasteiger partial charge in [0, 0.05) is 24.6 Å². The molecule has 1 aliphatic heterocycles. The molecular weight excluding hydrogens is 240 g/mol. The van der Waals surface area contributed by atoms with Gasteiger partial charge in [0.15, 0.2) is 0 Å². The van der Waals surface area contributed by atoms with Gasteiger partial charge in [0.1, 0.15) is 0 Å². The number of aryl methyl sites for hydroxylation is 1. The lowest BCUT2D eigenvalue weighted by molar-refractivity contribution is -0.129. The molecular formula is C15H20N2O2. The third-order valence-corrected chi connectivity index (χ3v) is 3.40. The molecule has 1 unspecified atom stereocenters. The Morgan fingerprint density at radius 1 is 1.42 bits per heavy atom. The van der Waals surface area contributed by atoms with Crippen LogP contribution in [-0.4, -0.2) is 35.3 Å². The zero-order chi connectivity index (χ0) is 14.0. The van der Waals surface area contributed by atoms with E-state index in [-0.39, 0.29) is 23.9 Å². The minimum Gasteiger partial charge on any atom is -0.347 e. The second-order valence-corrected chi connectivity index (χ2v) is 5.38. The van der Waals surface area contributed by atoms with Crippen LogP contribution < -0.4 is 5.32 Å². The standard InChI is InChI=1S/C15H20N2O2/c1-10(2)17-9-13(8-14(17)18)16-15(19)12-6-4-5-11(3)7-12/h4-7,10,13H,8-9H2,1-3H3,(H,16,19). The molecule has 1 aromatic rings. The predicted molar refractivity (Wildman–Crippen MR) is 73.9 cm³/mol. The zero-order valence-electron chi connectivity index (χ0n) is 11.6. The van der Waals surface area contributed by atoms with Crippen molar-refractivity contribution in [3.63, 3.8) is 0 Å². The van der Waals surface area contributed by atoms with Crippen LogP contribution in [0.5, 0.6) is 0 Å². The number of carbonyl (C=O) groups excluding carboxylic acids is 2. The van der Waals surface area contributed by atoms with Crippen LogP contribution in [0.4, 0.5) is 0 Å². The molecule has 1 heterocycles. The smallest absolute Gasteiger partial charge is 0.251 e. The summed E-state index contributed by atoms with van der Waals surface area (Å²) in [6, 6.07) is 7.57. The van der Waals surface area contributed by atoms with Gasteiger partial charge in [0.25, 0.3) is 5.91 Å². The summed E-state index contributed by atoms with van der Waals surface area (Å²) in [6.07, 6.45) is 0.399. The maximum absolute atomic E-state index is 12.1. The van der Waals surface area contributed by atoms with Gasteiger partial charge in [-0.1, -0.05) is 17.7 Å². The van der Waals surface area contributed by atoms with Gasteiger partial charge < -0.3 is 10.2 Å². The van der Waals surface area contributed by atoms with Crippen LogP contribution in [0, 0.1) is 6.92 Å². The van der Waals surface area contributed by atoms with Gasteiger partial charge >= 0.3 is 0 Å². The van der Waals surface area contributed by atoms with Gasteiger partial charge in [-0.2, -0.15) is 0 Å². The topological polar surface area (TPSA) is 49.4 Å². The molecule has 0 aliphatic carbocycles. The highest BCUT2D eigenvalue weighted by Gasteiger charge is 2.32. The lowest BCUT2D eigenvalue weighted by Crippen LogP contribution is -2.38. The molecule has 1 fully saturated rings. The first-order chi connectivity index (χ1) is 8.97. The monoisotopic (exact) mass is 260 g/mol. The number of rotatable bonds is 3. The molecule has 4 heteroatoms. The van der Waals surface area contributed by atoms with Crippen molar-refractivity contribution in [1.82, 2.24) is 10.2 Å². The molecule has 102 valence electrons. The molecule has 0 spiro atoms.